The third kappa shape index (κ3) is 3.35. The van der Waals surface area contributed by atoms with Crippen molar-refractivity contribution >= 4 is 22.5 Å². The van der Waals surface area contributed by atoms with E-state index in [9.17, 15) is 4.79 Å². The number of hydrogen-bond acceptors (Lipinski definition) is 1. The molecular weight excluding hydrogens is 435 g/mol. The van der Waals surface area contributed by atoms with Crippen LogP contribution in [-0.2, 0) is 11.8 Å². The molecule has 1 unspecified atom stereocenters. The van der Waals surface area contributed by atoms with Crippen LogP contribution in [0.1, 0.15) is 48.4 Å². The number of aromatic nitrogens is 1. The second-order valence-corrected chi connectivity index (χ2v) is 9.95. The molecule has 0 N–H and O–H groups in total. The first-order chi connectivity index (χ1) is 17.0. The van der Waals surface area contributed by atoms with Crippen LogP contribution >= 0.6 is 0 Å². The van der Waals surface area contributed by atoms with Crippen molar-refractivity contribution in [1.29, 1.82) is 0 Å². The van der Waals surface area contributed by atoms with E-state index in [1.54, 1.807) is 11.0 Å². The molecule has 0 bridgehead atoms. The Hall–Kier alpha value is -3.66. The molecule has 35 heavy (non-hydrogen) atoms. The lowest BCUT2D eigenvalue weighted by Gasteiger charge is -2.29. The number of nitrogens with zero attached hydrogens (tertiary/aromatic N) is 2. The van der Waals surface area contributed by atoms with Crippen molar-refractivity contribution < 1.29 is 9.18 Å². The van der Waals surface area contributed by atoms with Gasteiger partial charge in [-0.05, 0) is 74.4 Å². The lowest BCUT2D eigenvalue weighted by molar-refractivity contribution is -0.115. The van der Waals surface area contributed by atoms with Gasteiger partial charge in [0.15, 0.2) is 0 Å². The molecule has 1 amide bonds. The Morgan fingerprint density at radius 2 is 1.60 bits per heavy atom. The second-order valence-electron chi connectivity index (χ2n) is 9.95. The fourth-order valence-electron chi connectivity index (χ4n) is 6.01. The summed E-state index contributed by atoms with van der Waals surface area (Å²) in [6.07, 6.45) is 3.69. The molecule has 1 aromatic heterocycles. The molecule has 3 aromatic carbocycles. The standard InChI is InChI=1S/C31H29FN2O/c1-19-12-15-21(16-13-19)29-28(24-10-6-7-11-26(24)33(29)3)30-22-8-4-5-9-23(22)31(35)34(30)27-17-14-20(2)18-25(27)32/h6-7,10-18,30H,4-5,8-9H2,1-3H3. The molecule has 3 nitrogen and oxygen atoms in total. The van der Waals surface area contributed by atoms with E-state index in [-0.39, 0.29) is 17.8 Å². The zero-order chi connectivity index (χ0) is 24.3. The normalized spacial score (nSPS) is 18.0. The highest BCUT2D eigenvalue weighted by Gasteiger charge is 2.44. The van der Waals surface area contributed by atoms with Crippen molar-refractivity contribution in [3.05, 3.63) is 100 Å². The maximum atomic E-state index is 15.4. The molecule has 0 radical (unpaired) electrons. The van der Waals surface area contributed by atoms with E-state index in [0.29, 0.717) is 5.69 Å². The summed E-state index contributed by atoms with van der Waals surface area (Å²) in [4.78, 5) is 15.6. The first kappa shape index (κ1) is 21.8. The van der Waals surface area contributed by atoms with Crippen molar-refractivity contribution in [2.45, 2.75) is 45.6 Å². The molecule has 1 aliphatic heterocycles. The van der Waals surface area contributed by atoms with Gasteiger partial charge in [0.25, 0.3) is 5.91 Å². The van der Waals surface area contributed by atoms with Gasteiger partial charge in [0.2, 0.25) is 0 Å². The number of benzene rings is 3. The van der Waals surface area contributed by atoms with E-state index in [1.807, 2.05) is 19.1 Å². The lowest BCUT2D eigenvalue weighted by Crippen LogP contribution is -2.31. The molecule has 0 saturated heterocycles. The van der Waals surface area contributed by atoms with Crippen LogP contribution in [0.4, 0.5) is 10.1 Å². The average Bonchev–Trinajstić information content (AvgIpc) is 3.31. The van der Waals surface area contributed by atoms with Crippen molar-refractivity contribution in [3.8, 4) is 11.3 Å². The zero-order valence-electron chi connectivity index (χ0n) is 20.4. The smallest absolute Gasteiger partial charge is 0.255 e. The molecule has 4 aromatic rings. The number of aryl methyl sites for hydroxylation is 3. The van der Waals surface area contributed by atoms with Gasteiger partial charge in [-0.2, -0.15) is 0 Å². The summed E-state index contributed by atoms with van der Waals surface area (Å²) in [6.45, 7) is 3.96. The van der Waals surface area contributed by atoms with Crippen molar-refractivity contribution in [2.75, 3.05) is 4.90 Å². The van der Waals surface area contributed by atoms with Gasteiger partial charge in [0.1, 0.15) is 5.82 Å². The SMILES string of the molecule is Cc1ccc(-c2c(C3C4=C(CCCC4)C(=O)N3c3ccc(C)cc3F)c3ccccc3n2C)cc1. The Bertz CT molecular complexity index is 1510. The number of carbonyl (C=O) groups is 1. The topological polar surface area (TPSA) is 25.2 Å². The summed E-state index contributed by atoms with van der Waals surface area (Å²) in [5.41, 5.74) is 8.83. The molecule has 1 atom stereocenters. The lowest BCUT2D eigenvalue weighted by atomic mass is 9.86. The highest BCUT2D eigenvalue weighted by Crippen LogP contribution is 2.51. The maximum absolute atomic E-state index is 15.4. The van der Waals surface area contributed by atoms with Gasteiger partial charge in [-0.3, -0.25) is 9.69 Å². The summed E-state index contributed by atoms with van der Waals surface area (Å²) < 4.78 is 17.6. The molecule has 0 spiro atoms. The number of fused-ring (bicyclic) bond motifs is 1. The predicted molar refractivity (Wildman–Crippen MR) is 140 cm³/mol. The predicted octanol–water partition coefficient (Wildman–Crippen LogP) is 7.56. The largest absolute Gasteiger partial charge is 0.343 e. The molecule has 176 valence electrons. The van der Waals surface area contributed by atoms with Crippen LogP contribution in [0.2, 0.25) is 0 Å². The molecule has 1 aliphatic carbocycles. The third-order valence-corrected chi connectivity index (χ3v) is 7.68. The van der Waals surface area contributed by atoms with Crippen LogP contribution in [0, 0.1) is 19.7 Å². The van der Waals surface area contributed by atoms with Gasteiger partial charge in [-0.1, -0.05) is 54.1 Å². The third-order valence-electron chi connectivity index (χ3n) is 7.68. The Morgan fingerprint density at radius 1 is 0.886 bits per heavy atom. The molecule has 6 rings (SSSR count). The van der Waals surface area contributed by atoms with Crippen molar-refractivity contribution in [3.63, 3.8) is 0 Å². The van der Waals surface area contributed by atoms with Crippen LogP contribution < -0.4 is 4.90 Å². The summed E-state index contributed by atoms with van der Waals surface area (Å²) >= 11 is 0. The highest BCUT2D eigenvalue weighted by molar-refractivity contribution is 6.12. The van der Waals surface area contributed by atoms with Crippen LogP contribution in [0.15, 0.2) is 77.9 Å². The average molecular weight is 465 g/mol. The number of para-hydroxylation sites is 1. The number of carbonyl (C=O) groups excluding carboxylic acids is 1. The monoisotopic (exact) mass is 464 g/mol. The highest BCUT2D eigenvalue weighted by atomic mass is 19.1. The first-order valence-electron chi connectivity index (χ1n) is 12.4. The second kappa shape index (κ2) is 8.23. The molecule has 0 fully saturated rings. The van der Waals surface area contributed by atoms with Gasteiger partial charge in [0.05, 0.1) is 17.4 Å². The Balaban J connectivity index is 1.67. The van der Waals surface area contributed by atoms with Crippen LogP contribution in [0.3, 0.4) is 0 Å². The summed E-state index contributed by atoms with van der Waals surface area (Å²) in [5.74, 6) is -0.393. The van der Waals surface area contributed by atoms with Gasteiger partial charge in [-0.25, -0.2) is 4.39 Å². The Kier molecular flexibility index (Phi) is 5.14. The fraction of sp³-hybridized carbons (Fsp3) is 0.258. The van der Waals surface area contributed by atoms with Crippen molar-refractivity contribution in [1.82, 2.24) is 4.57 Å². The van der Waals surface area contributed by atoms with E-state index in [2.05, 4.69) is 61.0 Å². The van der Waals surface area contributed by atoms with Crippen LogP contribution in [-0.4, -0.2) is 10.5 Å². The van der Waals surface area contributed by atoms with Gasteiger partial charge in [0, 0.05) is 29.1 Å². The van der Waals surface area contributed by atoms with E-state index in [1.165, 1.54) is 11.6 Å². The van der Waals surface area contributed by atoms with Crippen LogP contribution in [0.25, 0.3) is 22.2 Å². The first-order valence-corrected chi connectivity index (χ1v) is 12.4. The van der Waals surface area contributed by atoms with Gasteiger partial charge >= 0.3 is 0 Å². The molecular formula is C31H29FN2O. The molecule has 0 saturated carbocycles. The quantitative estimate of drug-likeness (QED) is 0.307. The number of halogens is 1. The summed E-state index contributed by atoms with van der Waals surface area (Å²) in [7, 11) is 2.09. The Labute approximate surface area is 205 Å². The zero-order valence-corrected chi connectivity index (χ0v) is 20.4. The van der Waals surface area contributed by atoms with Gasteiger partial charge in [-0.15, -0.1) is 0 Å². The summed E-state index contributed by atoms with van der Waals surface area (Å²) in [5, 5.41) is 1.11. The van der Waals surface area contributed by atoms with E-state index in [4.69, 9.17) is 0 Å². The van der Waals surface area contributed by atoms with E-state index in [0.717, 1.165) is 70.1 Å². The fourth-order valence-corrected chi connectivity index (χ4v) is 6.01. The van der Waals surface area contributed by atoms with E-state index < -0.39 is 0 Å². The van der Waals surface area contributed by atoms with Crippen LogP contribution in [0.5, 0.6) is 0 Å². The Morgan fingerprint density at radius 3 is 2.37 bits per heavy atom. The number of rotatable bonds is 3. The van der Waals surface area contributed by atoms with E-state index >= 15 is 4.39 Å². The number of hydrogen-bond donors (Lipinski definition) is 0. The molecule has 2 heterocycles. The number of amides is 1. The molecule has 2 aliphatic rings. The van der Waals surface area contributed by atoms with Crippen molar-refractivity contribution in [2.24, 2.45) is 7.05 Å². The minimum atomic E-state index is -0.347. The molecule has 4 heteroatoms. The number of anilines is 1. The van der Waals surface area contributed by atoms with Gasteiger partial charge < -0.3 is 4.57 Å². The minimum Gasteiger partial charge on any atom is -0.343 e. The maximum Gasteiger partial charge on any atom is 0.255 e. The summed E-state index contributed by atoms with van der Waals surface area (Å²) in [6, 6.07) is 21.8. The minimum absolute atomic E-state index is 0.0461.